The molecule has 1 aromatic rings. The molecule has 2 N–H and O–H groups in total. The van der Waals surface area contributed by atoms with Crippen molar-refractivity contribution in [1.29, 1.82) is 0 Å². The molecule has 6 heteroatoms. The monoisotopic (exact) mass is 286 g/mol. The second kappa shape index (κ2) is 4.59. The van der Waals surface area contributed by atoms with Gasteiger partial charge in [0.15, 0.2) is 0 Å². The van der Waals surface area contributed by atoms with E-state index in [1.165, 1.54) is 30.6 Å². The molecule has 1 aromatic heterocycles. The summed E-state index contributed by atoms with van der Waals surface area (Å²) in [6.45, 7) is 1.83. The van der Waals surface area contributed by atoms with Gasteiger partial charge in [-0.1, -0.05) is 6.42 Å². The average molecular weight is 286 g/mol. The van der Waals surface area contributed by atoms with Crippen LogP contribution in [-0.4, -0.2) is 25.8 Å². The van der Waals surface area contributed by atoms with E-state index < -0.39 is 10.0 Å². The zero-order chi connectivity index (χ0) is 12.8. The lowest BCUT2D eigenvalue weighted by Gasteiger charge is -2.16. The minimum Gasteiger partial charge on any atom is -0.326 e. The van der Waals surface area contributed by atoms with Gasteiger partial charge in [-0.15, -0.1) is 11.3 Å². The summed E-state index contributed by atoms with van der Waals surface area (Å²) in [5.74, 6) is 1.18. The van der Waals surface area contributed by atoms with Crippen LogP contribution >= 0.6 is 11.3 Å². The maximum absolute atomic E-state index is 12.5. The Morgan fingerprint density at radius 1 is 1.33 bits per heavy atom. The van der Waals surface area contributed by atoms with E-state index in [1.54, 1.807) is 15.8 Å². The molecule has 18 heavy (non-hydrogen) atoms. The van der Waals surface area contributed by atoms with Crippen molar-refractivity contribution in [3.8, 4) is 0 Å². The lowest BCUT2D eigenvalue weighted by atomic mass is 10.0. The topological polar surface area (TPSA) is 63.4 Å². The Labute approximate surface area is 112 Å². The molecule has 0 amide bonds. The van der Waals surface area contributed by atoms with Crippen molar-refractivity contribution in [2.75, 3.05) is 13.1 Å². The standard InChI is InChI=1S/C12H18N2O2S2/c13-5-11-4-12(8-17-11)18(15,16)14-6-9-2-1-3-10(9)7-14/h4,8-10H,1-3,5-7,13H2. The summed E-state index contributed by atoms with van der Waals surface area (Å²) in [6.07, 6.45) is 3.64. The Kier molecular flexibility index (Phi) is 3.21. The van der Waals surface area contributed by atoms with Gasteiger partial charge in [-0.05, 0) is 30.7 Å². The van der Waals surface area contributed by atoms with Gasteiger partial charge in [-0.3, -0.25) is 0 Å². The maximum atomic E-state index is 12.5. The van der Waals surface area contributed by atoms with Crippen LogP contribution in [0.2, 0.25) is 0 Å². The summed E-state index contributed by atoms with van der Waals surface area (Å²) in [5, 5.41) is 1.71. The molecule has 2 aliphatic rings. The fourth-order valence-corrected chi connectivity index (χ4v) is 5.84. The van der Waals surface area contributed by atoms with Gasteiger partial charge in [-0.25, -0.2) is 8.42 Å². The van der Waals surface area contributed by atoms with Gasteiger partial charge in [0.05, 0.1) is 4.90 Å². The van der Waals surface area contributed by atoms with Crippen LogP contribution in [0.5, 0.6) is 0 Å². The number of sulfonamides is 1. The second-order valence-electron chi connectivity index (χ2n) is 5.23. The molecule has 1 aliphatic carbocycles. The zero-order valence-corrected chi connectivity index (χ0v) is 11.8. The highest BCUT2D eigenvalue weighted by Crippen LogP contribution is 2.40. The molecule has 100 valence electrons. The third kappa shape index (κ3) is 2.01. The fourth-order valence-electron chi connectivity index (χ4n) is 3.14. The lowest BCUT2D eigenvalue weighted by Crippen LogP contribution is -2.29. The highest BCUT2D eigenvalue weighted by atomic mass is 32.2. The number of thiophene rings is 1. The predicted octanol–water partition coefficient (Wildman–Crippen LogP) is 1.63. The largest absolute Gasteiger partial charge is 0.326 e. The first-order valence-corrected chi connectivity index (χ1v) is 8.71. The van der Waals surface area contributed by atoms with Crippen LogP contribution < -0.4 is 5.73 Å². The van der Waals surface area contributed by atoms with Crippen LogP contribution in [0.25, 0.3) is 0 Å². The Balaban J connectivity index is 1.82. The van der Waals surface area contributed by atoms with Crippen molar-refractivity contribution in [1.82, 2.24) is 4.31 Å². The molecule has 2 heterocycles. The van der Waals surface area contributed by atoms with Crippen LogP contribution in [0.15, 0.2) is 16.3 Å². The first-order valence-electron chi connectivity index (χ1n) is 6.39. The van der Waals surface area contributed by atoms with E-state index in [0.717, 1.165) is 4.88 Å². The van der Waals surface area contributed by atoms with E-state index in [0.29, 0.717) is 36.4 Å². The number of nitrogens with two attached hydrogens (primary N) is 1. The van der Waals surface area contributed by atoms with E-state index in [-0.39, 0.29) is 0 Å². The SMILES string of the molecule is NCc1cc(S(=O)(=O)N2CC3CCCC3C2)cs1. The first kappa shape index (κ1) is 12.6. The van der Waals surface area contributed by atoms with Crippen LogP contribution in [0.3, 0.4) is 0 Å². The fraction of sp³-hybridized carbons (Fsp3) is 0.667. The van der Waals surface area contributed by atoms with E-state index in [2.05, 4.69) is 0 Å². The van der Waals surface area contributed by atoms with Crippen LogP contribution in [0, 0.1) is 11.8 Å². The van der Waals surface area contributed by atoms with E-state index in [1.807, 2.05) is 0 Å². The molecule has 2 unspecified atom stereocenters. The van der Waals surface area contributed by atoms with Crippen molar-refractivity contribution in [2.24, 2.45) is 17.6 Å². The van der Waals surface area contributed by atoms with Gasteiger partial charge >= 0.3 is 0 Å². The summed E-state index contributed by atoms with van der Waals surface area (Å²) in [4.78, 5) is 1.35. The van der Waals surface area contributed by atoms with Crippen LogP contribution in [0.1, 0.15) is 24.1 Å². The Hall–Kier alpha value is -0.430. The highest BCUT2D eigenvalue weighted by Gasteiger charge is 2.41. The minimum atomic E-state index is -3.28. The van der Waals surface area contributed by atoms with Gasteiger partial charge in [-0.2, -0.15) is 4.31 Å². The minimum absolute atomic E-state index is 0.408. The third-order valence-electron chi connectivity index (χ3n) is 4.16. The van der Waals surface area contributed by atoms with Crippen molar-refractivity contribution < 1.29 is 8.42 Å². The van der Waals surface area contributed by atoms with E-state index in [4.69, 9.17) is 5.73 Å². The number of hydrogen-bond acceptors (Lipinski definition) is 4. The quantitative estimate of drug-likeness (QED) is 0.918. The molecule has 0 radical (unpaired) electrons. The van der Waals surface area contributed by atoms with Crippen molar-refractivity contribution in [3.63, 3.8) is 0 Å². The molecule has 4 nitrogen and oxygen atoms in total. The smallest absolute Gasteiger partial charge is 0.243 e. The van der Waals surface area contributed by atoms with Crippen LogP contribution in [-0.2, 0) is 16.6 Å². The molecule has 3 rings (SSSR count). The maximum Gasteiger partial charge on any atom is 0.243 e. The summed E-state index contributed by atoms with van der Waals surface area (Å²) in [6, 6.07) is 1.72. The van der Waals surface area contributed by atoms with Crippen LogP contribution in [0.4, 0.5) is 0 Å². The van der Waals surface area contributed by atoms with Gasteiger partial charge in [0.2, 0.25) is 10.0 Å². The van der Waals surface area contributed by atoms with Gasteiger partial charge < -0.3 is 5.73 Å². The molecule has 2 fully saturated rings. The molecular formula is C12H18N2O2S2. The molecule has 1 saturated carbocycles. The molecular weight excluding hydrogens is 268 g/mol. The zero-order valence-electron chi connectivity index (χ0n) is 10.2. The molecule has 0 bridgehead atoms. The van der Waals surface area contributed by atoms with Crippen molar-refractivity contribution in [2.45, 2.75) is 30.7 Å². The van der Waals surface area contributed by atoms with Gasteiger partial charge in [0.25, 0.3) is 0 Å². The molecule has 0 spiro atoms. The normalized spacial score (nSPS) is 28.7. The average Bonchev–Trinajstić information content (AvgIpc) is 3.03. The third-order valence-corrected chi connectivity index (χ3v) is 7.08. The van der Waals surface area contributed by atoms with E-state index in [9.17, 15) is 8.42 Å². The van der Waals surface area contributed by atoms with Crippen molar-refractivity contribution >= 4 is 21.4 Å². The van der Waals surface area contributed by atoms with Gasteiger partial charge in [0.1, 0.15) is 0 Å². The number of fused-ring (bicyclic) bond motifs is 1. The summed E-state index contributed by atoms with van der Waals surface area (Å²) >= 11 is 1.43. The first-order chi connectivity index (χ1) is 8.61. The summed E-state index contributed by atoms with van der Waals surface area (Å²) in [7, 11) is -3.28. The number of hydrogen-bond donors (Lipinski definition) is 1. The molecule has 1 saturated heterocycles. The predicted molar refractivity (Wildman–Crippen MR) is 71.8 cm³/mol. The molecule has 0 aromatic carbocycles. The Morgan fingerprint density at radius 3 is 2.56 bits per heavy atom. The van der Waals surface area contributed by atoms with Gasteiger partial charge in [0, 0.05) is 29.9 Å². The number of nitrogens with zero attached hydrogens (tertiary/aromatic N) is 1. The van der Waals surface area contributed by atoms with E-state index >= 15 is 0 Å². The summed E-state index contributed by atoms with van der Waals surface area (Å²) in [5.41, 5.74) is 5.54. The molecule has 1 aliphatic heterocycles. The van der Waals surface area contributed by atoms with Crippen molar-refractivity contribution in [3.05, 3.63) is 16.3 Å². The summed E-state index contributed by atoms with van der Waals surface area (Å²) < 4.78 is 26.6. The Bertz CT molecular complexity index is 526. The Morgan fingerprint density at radius 2 is 2.00 bits per heavy atom. The number of rotatable bonds is 3. The highest BCUT2D eigenvalue weighted by molar-refractivity contribution is 7.89. The lowest BCUT2D eigenvalue weighted by molar-refractivity contribution is 0.445. The molecule has 2 atom stereocenters. The second-order valence-corrected chi connectivity index (χ2v) is 8.16.